The number of nitrogens with one attached hydrogen (secondary N) is 1. The Morgan fingerprint density at radius 3 is 2.86 bits per heavy atom. The van der Waals surface area contributed by atoms with Crippen molar-refractivity contribution in [1.82, 2.24) is 10.3 Å². The van der Waals surface area contributed by atoms with Crippen LogP contribution in [0.2, 0.25) is 5.02 Å². The highest BCUT2D eigenvalue weighted by Crippen LogP contribution is 2.27. The Hall–Kier alpha value is -1.12. The molecule has 1 aromatic heterocycles. The first kappa shape index (κ1) is 14.8. The summed E-state index contributed by atoms with van der Waals surface area (Å²) in [7, 11) is 0. The van der Waals surface area contributed by atoms with Crippen molar-refractivity contribution in [1.29, 1.82) is 0 Å². The zero-order chi connectivity index (χ0) is 14.7. The molecule has 112 valence electrons. The van der Waals surface area contributed by atoms with Crippen LogP contribution in [-0.2, 0) is 6.54 Å². The number of benzene rings is 1. The predicted molar refractivity (Wildman–Crippen MR) is 89.6 cm³/mol. The molecule has 0 aliphatic heterocycles. The largest absolute Gasteiger partial charge is 0.310 e. The first-order chi connectivity index (χ1) is 10.3. The zero-order valence-corrected chi connectivity index (χ0v) is 13.4. The summed E-state index contributed by atoms with van der Waals surface area (Å²) in [4.78, 5) is 4.51. The third-order valence-electron chi connectivity index (χ3n) is 4.77. The lowest BCUT2D eigenvalue weighted by atomic mass is 9.84. The maximum absolute atomic E-state index is 6.25. The lowest BCUT2D eigenvalue weighted by Crippen LogP contribution is -2.34. The molecule has 0 bridgehead atoms. The molecule has 1 saturated carbocycles. The van der Waals surface area contributed by atoms with Crippen molar-refractivity contribution in [3.8, 4) is 0 Å². The van der Waals surface area contributed by atoms with E-state index in [-0.39, 0.29) is 0 Å². The molecule has 2 aromatic rings. The Morgan fingerprint density at radius 1 is 1.24 bits per heavy atom. The van der Waals surface area contributed by atoms with Gasteiger partial charge in [-0.3, -0.25) is 4.98 Å². The molecule has 0 radical (unpaired) electrons. The second-order valence-corrected chi connectivity index (χ2v) is 6.58. The van der Waals surface area contributed by atoms with Gasteiger partial charge in [-0.25, -0.2) is 0 Å². The monoisotopic (exact) mass is 302 g/mol. The fraction of sp³-hybridized carbons (Fsp3) is 0.500. The van der Waals surface area contributed by atoms with Crippen molar-refractivity contribution in [3.63, 3.8) is 0 Å². The number of rotatable bonds is 4. The molecule has 0 unspecified atom stereocenters. The Morgan fingerprint density at radius 2 is 2.05 bits per heavy atom. The fourth-order valence-corrected chi connectivity index (χ4v) is 3.63. The summed E-state index contributed by atoms with van der Waals surface area (Å²) in [6.07, 6.45) is 8.77. The number of hydrogen-bond donors (Lipinski definition) is 1. The van der Waals surface area contributed by atoms with Crippen molar-refractivity contribution in [2.45, 2.75) is 51.6 Å². The topological polar surface area (TPSA) is 24.9 Å². The van der Waals surface area contributed by atoms with E-state index in [1.54, 1.807) is 0 Å². The number of hydrogen-bond acceptors (Lipinski definition) is 2. The molecule has 3 rings (SSSR count). The quantitative estimate of drug-likeness (QED) is 0.864. The van der Waals surface area contributed by atoms with Gasteiger partial charge in [0.05, 0.1) is 5.52 Å². The molecular formula is C18H23ClN2. The number of aromatic nitrogens is 1. The van der Waals surface area contributed by atoms with Crippen molar-refractivity contribution >= 4 is 22.5 Å². The Kier molecular flexibility index (Phi) is 4.77. The summed E-state index contributed by atoms with van der Waals surface area (Å²) in [6.45, 7) is 3.18. The third kappa shape index (κ3) is 3.38. The maximum atomic E-state index is 6.25. The molecule has 0 spiro atoms. The van der Waals surface area contributed by atoms with Gasteiger partial charge in [-0.05, 0) is 49.4 Å². The van der Waals surface area contributed by atoms with Crippen LogP contribution < -0.4 is 5.32 Å². The van der Waals surface area contributed by atoms with Gasteiger partial charge in [0.25, 0.3) is 0 Å². The van der Waals surface area contributed by atoms with E-state index in [1.165, 1.54) is 37.7 Å². The van der Waals surface area contributed by atoms with Crippen LogP contribution in [-0.4, -0.2) is 11.0 Å². The normalized spacial score (nSPS) is 18.0. The van der Waals surface area contributed by atoms with E-state index in [2.05, 4.69) is 23.3 Å². The molecule has 0 amide bonds. The third-order valence-corrected chi connectivity index (χ3v) is 5.10. The number of halogens is 1. The van der Waals surface area contributed by atoms with Crippen LogP contribution in [0.1, 0.15) is 44.6 Å². The minimum absolute atomic E-state index is 0.569. The van der Waals surface area contributed by atoms with Gasteiger partial charge in [0.2, 0.25) is 0 Å². The molecule has 2 nitrogen and oxygen atoms in total. The summed E-state index contributed by atoms with van der Waals surface area (Å²) in [5, 5.41) is 5.52. The van der Waals surface area contributed by atoms with E-state index in [1.807, 2.05) is 24.4 Å². The summed E-state index contributed by atoms with van der Waals surface area (Å²) >= 11 is 6.25. The molecule has 1 N–H and O–H groups in total. The highest BCUT2D eigenvalue weighted by atomic mass is 35.5. The Labute approximate surface area is 131 Å². The van der Waals surface area contributed by atoms with Gasteiger partial charge in [-0.15, -0.1) is 0 Å². The van der Waals surface area contributed by atoms with Gasteiger partial charge in [0.15, 0.2) is 0 Å². The van der Waals surface area contributed by atoms with Crippen LogP contribution in [0, 0.1) is 5.92 Å². The van der Waals surface area contributed by atoms with E-state index in [9.17, 15) is 0 Å². The van der Waals surface area contributed by atoms with Crippen LogP contribution in [0.4, 0.5) is 0 Å². The molecule has 1 heterocycles. The first-order valence-corrected chi connectivity index (χ1v) is 8.39. The molecule has 1 aromatic carbocycles. The maximum Gasteiger partial charge on any atom is 0.0761 e. The molecule has 1 aliphatic carbocycles. The summed E-state index contributed by atoms with van der Waals surface area (Å²) in [6, 6.07) is 8.63. The molecule has 21 heavy (non-hydrogen) atoms. The van der Waals surface area contributed by atoms with E-state index >= 15 is 0 Å². The Bertz CT molecular complexity index is 605. The van der Waals surface area contributed by atoms with Crippen LogP contribution in [0.25, 0.3) is 10.9 Å². The van der Waals surface area contributed by atoms with E-state index in [0.717, 1.165) is 28.4 Å². The van der Waals surface area contributed by atoms with Crippen LogP contribution in [0.5, 0.6) is 0 Å². The smallest absolute Gasteiger partial charge is 0.0761 e. The SMILES string of the molecule is C[C@@H](NCc1ccc(Cl)c2cccnc12)C1CCCCC1. The van der Waals surface area contributed by atoms with E-state index in [0.29, 0.717) is 6.04 Å². The molecule has 0 saturated heterocycles. The number of pyridine rings is 1. The molecule has 1 fully saturated rings. The van der Waals surface area contributed by atoms with Crippen molar-refractivity contribution < 1.29 is 0 Å². The standard InChI is InChI=1S/C18H23ClN2/c1-13(14-6-3-2-4-7-14)21-12-15-9-10-17(19)16-8-5-11-20-18(15)16/h5,8-11,13-14,21H,2-4,6-7,12H2,1H3/t13-/m1/s1. The molecule has 1 atom stereocenters. The minimum Gasteiger partial charge on any atom is -0.310 e. The van der Waals surface area contributed by atoms with Gasteiger partial charge >= 0.3 is 0 Å². The summed E-state index contributed by atoms with van der Waals surface area (Å²) in [5.41, 5.74) is 2.26. The zero-order valence-electron chi connectivity index (χ0n) is 12.6. The summed E-state index contributed by atoms with van der Waals surface area (Å²) < 4.78 is 0. The first-order valence-electron chi connectivity index (χ1n) is 8.01. The second kappa shape index (κ2) is 6.76. The molecular weight excluding hydrogens is 280 g/mol. The summed E-state index contributed by atoms with van der Waals surface area (Å²) in [5.74, 6) is 0.824. The average Bonchev–Trinajstić information content (AvgIpc) is 2.55. The van der Waals surface area contributed by atoms with E-state index < -0.39 is 0 Å². The average molecular weight is 303 g/mol. The lowest BCUT2D eigenvalue weighted by Gasteiger charge is -2.28. The lowest BCUT2D eigenvalue weighted by molar-refractivity contribution is 0.281. The highest BCUT2D eigenvalue weighted by molar-refractivity contribution is 6.35. The minimum atomic E-state index is 0.569. The van der Waals surface area contributed by atoms with Crippen molar-refractivity contribution in [2.24, 2.45) is 5.92 Å². The van der Waals surface area contributed by atoms with Gasteiger partial charge in [0.1, 0.15) is 0 Å². The van der Waals surface area contributed by atoms with E-state index in [4.69, 9.17) is 11.6 Å². The second-order valence-electron chi connectivity index (χ2n) is 6.17. The highest BCUT2D eigenvalue weighted by Gasteiger charge is 2.19. The van der Waals surface area contributed by atoms with Crippen molar-refractivity contribution in [2.75, 3.05) is 0 Å². The molecule has 1 aliphatic rings. The van der Waals surface area contributed by atoms with Crippen LogP contribution >= 0.6 is 11.6 Å². The van der Waals surface area contributed by atoms with Crippen LogP contribution in [0.15, 0.2) is 30.5 Å². The molecule has 3 heteroatoms. The predicted octanol–water partition coefficient (Wildman–Crippen LogP) is 4.95. The van der Waals surface area contributed by atoms with Crippen LogP contribution in [0.3, 0.4) is 0 Å². The van der Waals surface area contributed by atoms with Gasteiger partial charge in [-0.2, -0.15) is 0 Å². The number of fused-ring (bicyclic) bond motifs is 1. The Balaban J connectivity index is 1.72. The fourth-order valence-electron chi connectivity index (χ4n) is 3.41. The van der Waals surface area contributed by atoms with Gasteiger partial charge < -0.3 is 5.32 Å². The number of nitrogens with zero attached hydrogens (tertiary/aromatic N) is 1. The van der Waals surface area contributed by atoms with Gasteiger partial charge in [-0.1, -0.05) is 36.9 Å². The van der Waals surface area contributed by atoms with Gasteiger partial charge in [0, 0.05) is 29.2 Å². The van der Waals surface area contributed by atoms with Crippen molar-refractivity contribution in [3.05, 3.63) is 41.0 Å².